The first-order valence-corrected chi connectivity index (χ1v) is 11.2. The Labute approximate surface area is 194 Å². The van der Waals surface area contributed by atoms with Crippen LogP contribution in [0.25, 0.3) is 0 Å². The number of rotatable bonds is 2. The first-order valence-electron chi connectivity index (χ1n) is 11.2. The maximum absolute atomic E-state index is 13.5. The molecule has 182 valence electrons. The summed E-state index contributed by atoms with van der Waals surface area (Å²) in [5.41, 5.74) is -0.292. The highest BCUT2D eigenvalue weighted by Crippen LogP contribution is 2.38. The third-order valence-corrected chi connectivity index (χ3v) is 6.21. The Kier molecular flexibility index (Phi) is 8.94. The number of carbonyl (C=O) groups is 3. The predicted octanol–water partition coefficient (Wildman–Crippen LogP) is 1.51. The van der Waals surface area contributed by atoms with E-state index in [4.69, 9.17) is 4.74 Å². The number of ketones is 1. The van der Waals surface area contributed by atoms with E-state index in [9.17, 15) is 29.7 Å². The van der Waals surface area contributed by atoms with Gasteiger partial charge in [0.05, 0.1) is 24.2 Å². The Morgan fingerprint density at radius 3 is 2.39 bits per heavy atom. The fraction of sp³-hybridized carbons (Fsp3) is 0.560. The number of esters is 1. The molecule has 8 nitrogen and oxygen atoms in total. The van der Waals surface area contributed by atoms with Crippen molar-refractivity contribution in [1.82, 2.24) is 5.32 Å². The lowest BCUT2D eigenvalue weighted by Crippen LogP contribution is -2.61. The maximum Gasteiger partial charge on any atom is 0.322 e. The molecule has 3 aliphatic rings. The maximum atomic E-state index is 13.5. The van der Waals surface area contributed by atoms with E-state index in [2.05, 4.69) is 5.32 Å². The minimum absolute atomic E-state index is 0.0439. The Morgan fingerprint density at radius 1 is 1.15 bits per heavy atom. The molecule has 0 saturated carbocycles. The van der Waals surface area contributed by atoms with Crippen molar-refractivity contribution in [3.8, 4) is 0 Å². The molecular formula is C25H35NO7. The van der Waals surface area contributed by atoms with Crippen LogP contribution in [0.15, 0.2) is 47.6 Å². The van der Waals surface area contributed by atoms with Gasteiger partial charge in [-0.3, -0.25) is 14.4 Å². The molecule has 0 aromatic carbocycles. The molecule has 0 spiro atoms. The van der Waals surface area contributed by atoms with Gasteiger partial charge in [0.15, 0.2) is 5.78 Å². The Bertz CT molecular complexity index is 885. The fourth-order valence-corrected chi connectivity index (χ4v) is 3.88. The Morgan fingerprint density at radius 2 is 1.76 bits per heavy atom. The molecule has 3 rings (SSSR count). The van der Waals surface area contributed by atoms with E-state index in [1.165, 1.54) is 13.8 Å². The highest BCUT2D eigenvalue weighted by molar-refractivity contribution is 6.08. The van der Waals surface area contributed by atoms with Crippen LogP contribution in [0.2, 0.25) is 0 Å². The van der Waals surface area contributed by atoms with Crippen LogP contribution in [0.1, 0.15) is 47.5 Å². The van der Waals surface area contributed by atoms with Crippen molar-refractivity contribution in [2.24, 2.45) is 11.3 Å². The van der Waals surface area contributed by atoms with Gasteiger partial charge < -0.3 is 25.4 Å². The SMILES string of the molecule is CC1=C/C[C@H](O)/C=C/C(C)=C/[C@@H](NC(=O)[C@H](C)O)[C@]2(C)C(=O)O[C@H](C[C@H](O)\C=C\1)[C@@H](C)C2=O. The van der Waals surface area contributed by atoms with Crippen LogP contribution in [0.5, 0.6) is 0 Å². The predicted molar refractivity (Wildman–Crippen MR) is 123 cm³/mol. The van der Waals surface area contributed by atoms with Gasteiger partial charge in [-0.15, -0.1) is 0 Å². The van der Waals surface area contributed by atoms with E-state index in [-0.39, 0.29) is 6.42 Å². The molecule has 0 aromatic heterocycles. The molecule has 7 atom stereocenters. The number of ether oxygens (including phenoxy) is 1. The number of nitrogens with one attached hydrogen (secondary N) is 1. The minimum atomic E-state index is -1.74. The van der Waals surface area contributed by atoms with Crippen molar-refractivity contribution in [1.29, 1.82) is 0 Å². The summed E-state index contributed by atoms with van der Waals surface area (Å²) in [6.45, 7) is 7.89. The first kappa shape index (κ1) is 26.7. The van der Waals surface area contributed by atoms with Gasteiger partial charge in [0.1, 0.15) is 17.6 Å². The molecule has 4 N–H and O–H groups in total. The smallest absolute Gasteiger partial charge is 0.322 e. The van der Waals surface area contributed by atoms with Gasteiger partial charge in [-0.2, -0.15) is 0 Å². The number of allylic oxidation sites excluding steroid dienone is 4. The summed E-state index contributed by atoms with van der Waals surface area (Å²) in [6.07, 6.45) is 6.38. The van der Waals surface area contributed by atoms with Crippen LogP contribution in [0.4, 0.5) is 0 Å². The summed E-state index contributed by atoms with van der Waals surface area (Å²) >= 11 is 0. The van der Waals surface area contributed by atoms with Gasteiger partial charge >= 0.3 is 5.97 Å². The third-order valence-electron chi connectivity index (χ3n) is 6.21. The van der Waals surface area contributed by atoms with Crippen LogP contribution in [0.3, 0.4) is 0 Å². The number of aliphatic hydroxyl groups is 3. The number of hydrogen-bond donors (Lipinski definition) is 4. The largest absolute Gasteiger partial charge is 0.461 e. The summed E-state index contributed by atoms with van der Waals surface area (Å²) in [4.78, 5) is 38.9. The Hall–Kier alpha value is -2.55. The second-order valence-electron chi connectivity index (χ2n) is 9.14. The van der Waals surface area contributed by atoms with Crippen molar-refractivity contribution in [2.75, 3.05) is 0 Å². The summed E-state index contributed by atoms with van der Waals surface area (Å²) in [5.74, 6) is -2.70. The topological polar surface area (TPSA) is 133 Å². The second-order valence-corrected chi connectivity index (χ2v) is 9.14. The van der Waals surface area contributed by atoms with E-state index in [0.717, 1.165) is 5.57 Å². The van der Waals surface area contributed by atoms with Crippen LogP contribution in [-0.4, -0.2) is 63.4 Å². The van der Waals surface area contributed by atoms with E-state index >= 15 is 0 Å². The standard InChI is InChI=1S/C25H35NO7/c1-14-6-9-18(28)10-8-15(2)12-21(26-23(31)17(4)27)25(5)22(30)16(3)20(33-24(25)32)13-19(29)11-7-14/h6-8,10-12,16-21,27-29H,9,13H2,1-5H3,(H,26,31)/b10-8+,11-7+,14-6-,15-12+/t16-,17+,18+,19-,20-,21-,25+/m1/s1. The average Bonchev–Trinajstić information content (AvgIpc) is 2.75. The average molecular weight is 462 g/mol. The molecular weight excluding hydrogens is 426 g/mol. The molecule has 1 saturated heterocycles. The Balaban J connectivity index is 2.56. The zero-order chi connectivity index (χ0) is 24.9. The number of Topliss-reactive ketones (excluding diaryl/α,β-unsaturated/α-hetero) is 1. The van der Waals surface area contributed by atoms with Crippen LogP contribution >= 0.6 is 0 Å². The zero-order valence-electron chi connectivity index (χ0n) is 19.8. The molecule has 2 bridgehead atoms. The molecule has 1 aliphatic carbocycles. The molecule has 2 heterocycles. The summed E-state index contributed by atoms with van der Waals surface area (Å²) in [6, 6.07) is -1.09. The highest BCUT2D eigenvalue weighted by Gasteiger charge is 2.56. The lowest BCUT2D eigenvalue weighted by atomic mass is 9.69. The minimum Gasteiger partial charge on any atom is -0.461 e. The molecule has 0 radical (unpaired) electrons. The number of carbonyl (C=O) groups excluding carboxylic acids is 3. The fourth-order valence-electron chi connectivity index (χ4n) is 3.88. The lowest BCUT2D eigenvalue weighted by Gasteiger charge is -2.42. The monoisotopic (exact) mass is 461 g/mol. The quantitative estimate of drug-likeness (QED) is 0.362. The highest BCUT2D eigenvalue weighted by atomic mass is 16.5. The molecule has 0 aromatic rings. The van der Waals surface area contributed by atoms with Crippen molar-refractivity contribution < 1.29 is 34.4 Å². The number of aliphatic hydroxyl groups excluding tert-OH is 3. The summed E-state index contributed by atoms with van der Waals surface area (Å²) in [5, 5.41) is 32.9. The van der Waals surface area contributed by atoms with E-state index in [1.54, 1.807) is 44.2 Å². The molecule has 2 aliphatic heterocycles. The van der Waals surface area contributed by atoms with Crippen LogP contribution < -0.4 is 5.32 Å². The lowest BCUT2D eigenvalue weighted by molar-refractivity contribution is -0.181. The van der Waals surface area contributed by atoms with Crippen LogP contribution in [0, 0.1) is 11.3 Å². The van der Waals surface area contributed by atoms with Crippen molar-refractivity contribution in [3.63, 3.8) is 0 Å². The first-order chi connectivity index (χ1) is 15.4. The van der Waals surface area contributed by atoms with Gasteiger partial charge in [-0.1, -0.05) is 54.5 Å². The molecule has 0 unspecified atom stereocenters. The van der Waals surface area contributed by atoms with E-state index in [0.29, 0.717) is 12.0 Å². The van der Waals surface area contributed by atoms with Gasteiger partial charge in [-0.25, -0.2) is 0 Å². The van der Waals surface area contributed by atoms with Gasteiger partial charge in [0, 0.05) is 6.42 Å². The molecule has 1 amide bonds. The van der Waals surface area contributed by atoms with Gasteiger partial charge in [0.2, 0.25) is 5.91 Å². The van der Waals surface area contributed by atoms with Crippen LogP contribution in [-0.2, 0) is 19.1 Å². The van der Waals surface area contributed by atoms with Gasteiger partial charge in [0.25, 0.3) is 0 Å². The summed E-state index contributed by atoms with van der Waals surface area (Å²) < 4.78 is 5.61. The molecule has 33 heavy (non-hydrogen) atoms. The third kappa shape index (κ3) is 6.50. The summed E-state index contributed by atoms with van der Waals surface area (Å²) in [7, 11) is 0. The van der Waals surface area contributed by atoms with Crippen molar-refractivity contribution in [3.05, 3.63) is 47.6 Å². The van der Waals surface area contributed by atoms with E-state index in [1.807, 2.05) is 13.0 Å². The molecule has 1 fully saturated rings. The number of fused-ring (bicyclic) bond motifs is 10. The van der Waals surface area contributed by atoms with Crippen molar-refractivity contribution in [2.45, 2.75) is 77.9 Å². The number of hydrogen-bond acceptors (Lipinski definition) is 7. The van der Waals surface area contributed by atoms with Crippen molar-refractivity contribution >= 4 is 17.7 Å². The zero-order valence-corrected chi connectivity index (χ0v) is 19.8. The number of amides is 1. The van der Waals surface area contributed by atoms with Gasteiger partial charge in [-0.05, 0) is 34.1 Å². The normalized spacial score (nSPS) is 39.8. The second kappa shape index (κ2) is 11.0. The van der Waals surface area contributed by atoms with E-state index < -0.39 is 59.5 Å². The molecule has 8 heteroatoms.